The van der Waals surface area contributed by atoms with E-state index >= 15 is 0 Å². The van der Waals surface area contributed by atoms with Crippen LogP contribution in [0.2, 0.25) is 0 Å². The second kappa shape index (κ2) is 3.93. The smallest absolute Gasteiger partial charge is 0.0866 e. The molecule has 0 radical (unpaired) electrons. The molecule has 0 aromatic heterocycles. The first-order valence-corrected chi connectivity index (χ1v) is 4.92. The summed E-state index contributed by atoms with van der Waals surface area (Å²) in [5.41, 5.74) is 1.63. The average molecular weight is 178 g/mol. The third-order valence-electron chi connectivity index (χ3n) is 2.65. The summed E-state index contributed by atoms with van der Waals surface area (Å²) in [5.74, 6) is 0. The summed E-state index contributed by atoms with van der Waals surface area (Å²) in [7, 11) is 0. The standard InChI is InChI=1S/C12H18O/c1-4-10-7-6-8-11(9-10)12(3,13)5-2/h6-9,13H,4-5H2,1-3H3/t12-/m0/s1. The first-order chi connectivity index (χ1) is 6.10. The van der Waals surface area contributed by atoms with E-state index in [9.17, 15) is 5.11 Å². The molecule has 1 nitrogen and oxygen atoms in total. The Hall–Kier alpha value is -0.820. The van der Waals surface area contributed by atoms with Crippen LogP contribution in [-0.4, -0.2) is 5.11 Å². The Kier molecular flexibility index (Phi) is 3.10. The summed E-state index contributed by atoms with van der Waals surface area (Å²) in [6.07, 6.45) is 1.77. The minimum Gasteiger partial charge on any atom is -0.385 e. The van der Waals surface area contributed by atoms with E-state index in [1.54, 1.807) is 0 Å². The van der Waals surface area contributed by atoms with Crippen LogP contribution in [0, 0.1) is 0 Å². The van der Waals surface area contributed by atoms with Crippen LogP contribution in [0.25, 0.3) is 0 Å². The Balaban J connectivity index is 3.01. The van der Waals surface area contributed by atoms with Gasteiger partial charge in [0.15, 0.2) is 0 Å². The molecule has 1 aromatic carbocycles. The molecule has 1 rings (SSSR count). The Morgan fingerprint density at radius 3 is 2.54 bits per heavy atom. The number of hydrogen-bond donors (Lipinski definition) is 1. The van der Waals surface area contributed by atoms with E-state index in [-0.39, 0.29) is 0 Å². The number of aliphatic hydroxyl groups is 1. The first kappa shape index (κ1) is 10.3. The van der Waals surface area contributed by atoms with Gasteiger partial charge in [-0.05, 0) is 30.9 Å². The van der Waals surface area contributed by atoms with Gasteiger partial charge in [0.1, 0.15) is 0 Å². The summed E-state index contributed by atoms with van der Waals surface area (Å²) in [5, 5.41) is 10.0. The fraction of sp³-hybridized carbons (Fsp3) is 0.500. The van der Waals surface area contributed by atoms with Crippen molar-refractivity contribution in [2.24, 2.45) is 0 Å². The van der Waals surface area contributed by atoms with Crippen molar-refractivity contribution in [1.29, 1.82) is 0 Å². The largest absolute Gasteiger partial charge is 0.385 e. The van der Waals surface area contributed by atoms with E-state index in [2.05, 4.69) is 19.1 Å². The lowest BCUT2D eigenvalue weighted by Crippen LogP contribution is -2.19. The quantitative estimate of drug-likeness (QED) is 0.754. The number of aryl methyl sites for hydroxylation is 1. The lowest BCUT2D eigenvalue weighted by molar-refractivity contribution is 0.0530. The van der Waals surface area contributed by atoms with E-state index in [0.717, 1.165) is 18.4 Å². The minimum atomic E-state index is -0.675. The molecule has 0 aliphatic rings. The van der Waals surface area contributed by atoms with Gasteiger partial charge in [-0.25, -0.2) is 0 Å². The highest BCUT2D eigenvalue weighted by Gasteiger charge is 2.19. The van der Waals surface area contributed by atoms with Crippen LogP contribution in [0.1, 0.15) is 38.3 Å². The van der Waals surface area contributed by atoms with Crippen LogP contribution in [0.5, 0.6) is 0 Å². The normalized spacial score (nSPS) is 15.4. The molecule has 72 valence electrons. The number of benzene rings is 1. The highest BCUT2D eigenvalue weighted by molar-refractivity contribution is 5.27. The molecule has 0 bridgehead atoms. The van der Waals surface area contributed by atoms with Gasteiger partial charge < -0.3 is 5.11 Å². The summed E-state index contributed by atoms with van der Waals surface area (Å²) < 4.78 is 0. The summed E-state index contributed by atoms with van der Waals surface area (Å²) in [6.45, 7) is 5.99. The molecule has 0 saturated carbocycles. The zero-order valence-electron chi connectivity index (χ0n) is 8.67. The van der Waals surface area contributed by atoms with Crippen molar-refractivity contribution in [3.05, 3.63) is 35.4 Å². The maximum absolute atomic E-state index is 10.0. The maximum atomic E-state index is 10.0. The summed E-state index contributed by atoms with van der Waals surface area (Å²) in [4.78, 5) is 0. The van der Waals surface area contributed by atoms with Gasteiger partial charge in [-0.2, -0.15) is 0 Å². The van der Waals surface area contributed by atoms with Gasteiger partial charge in [-0.1, -0.05) is 38.1 Å². The third-order valence-corrected chi connectivity index (χ3v) is 2.65. The Morgan fingerprint density at radius 2 is 2.00 bits per heavy atom. The van der Waals surface area contributed by atoms with Crippen molar-refractivity contribution >= 4 is 0 Å². The molecule has 0 amide bonds. The Labute approximate surface area is 80.4 Å². The van der Waals surface area contributed by atoms with E-state index in [4.69, 9.17) is 0 Å². The molecule has 0 unspecified atom stereocenters. The van der Waals surface area contributed by atoms with Crippen molar-refractivity contribution in [2.45, 2.75) is 39.2 Å². The van der Waals surface area contributed by atoms with Gasteiger partial charge in [0.25, 0.3) is 0 Å². The second-order valence-electron chi connectivity index (χ2n) is 3.68. The number of hydrogen-bond acceptors (Lipinski definition) is 1. The van der Waals surface area contributed by atoms with Crippen LogP contribution in [0.3, 0.4) is 0 Å². The Morgan fingerprint density at radius 1 is 1.31 bits per heavy atom. The van der Waals surface area contributed by atoms with Gasteiger partial charge in [-0.3, -0.25) is 0 Å². The monoisotopic (exact) mass is 178 g/mol. The van der Waals surface area contributed by atoms with Crippen LogP contribution >= 0.6 is 0 Å². The minimum absolute atomic E-state index is 0.675. The zero-order valence-corrected chi connectivity index (χ0v) is 8.67. The van der Waals surface area contributed by atoms with Crippen LogP contribution in [0.4, 0.5) is 0 Å². The predicted molar refractivity (Wildman–Crippen MR) is 55.7 cm³/mol. The fourth-order valence-electron chi connectivity index (χ4n) is 1.33. The van der Waals surface area contributed by atoms with Gasteiger partial charge in [0.05, 0.1) is 5.60 Å². The highest BCUT2D eigenvalue weighted by atomic mass is 16.3. The molecule has 13 heavy (non-hydrogen) atoms. The molecular formula is C12H18O. The first-order valence-electron chi connectivity index (χ1n) is 4.92. The summed E-state index contributed by atoms with van der Waals surface area (Å²) >= 11 is 0. The maximum Gasteiger partial charge on any atom is 0.0866 e. The molecule has 0 fully saturated rings. The van der Waals surface area contributed by atoms with Gasteiger partial charge in [0, 0.05) is 0 Å². The third kappa shape index (κ3) is 2.31. The van der Waals surface area contributed by atoms with E-state index in [1.165, 1.54) is 5.56 Å². The van der Waals surface area contributed by atoms with E-state index in [0.29, 0.717) is 0 Å². The number of rotatable bonds is 3. The van der Waals surface area contributed by atoms with Crippen molar-refractivity contribution in [1.82, 2.24) is 0 Å². The topological polar surface area (TPSA) is 20.2 Å². The Bertz CT molecular complexity index is 276. The van der Waals surface area contributed by atoms with Gasteiger partial charge in [-0.15, -0.1) is 0 Å². The second-order valence-corrected chi connectivity index (χ2v) is 3.68. The highest BCUT2D eigenvalue weighted by Crippen LogP contribution is 2.24. The molecule has 0 saturated heterocycles. The summed E-state index contributed by atoms with van der Waals surface area (Å²) in [6, 6.07) is 8.18. The molecule has 0 aliphatic carbocycles. The van der Waals surface area contributed by atoms with Crippen LogP contribution in [0.15, 0.2) is 24.3 Å². The lowest BCUT2D eigenvalue weighted by atomic mass is 9.92. The molecule has 0 spiro atoms. The van der Waals surface area contributed by atoms with Gasteiger partial charge in [0.2, 0.25) is 0 Å². The molecule has 1 heteroatoms. The van der Waals surface area contributed by atoms with Crippen molar-refractivity contribution in [2.75, 3.05) is 0 Å². The fourth-order valence-corrected chi connectivity index (χ4v) is 1.33. The van der Waals surface area contributed by atoms with Crippen molar-refractivity contribution in [3.8, 4) is 0 Å². The SMILES string of the molecule is CCc1cccc([C@@](C)(O)CC)c1. The van der Waals surface area contributed by atoms with Crippen molar-refractivity contribution in [3.63, 3.8) is 0 Å². The van der Waals surface area contributed by atoms with E-state index < -0.39 is 5.60 Å². The lowest BCUT2D eigenvalue weighted by Gasteiger charge is -2.22. The van der Waals surface area contributed by atoms with E-state index in [1.807, 2.05) is 26.0 Å². The zero-order chi connectivity index (χ0) is 9.90. The molecule has 1 atom stereocenters. The molecule has 1 aromatic rings. The molecule has 1 N–H and O–H groups in total. The van der Waals surface area contributed by atoms with Gasteiger partial charge >= 0.3 is 0 Å². The molecular weight excluding hydrogens is 160 g/mol. The molecule has 0 aliphatic heterocycles. The van der Waals surface area contributed by atoms with Crippen molar-refractivity contribution < 1.29 is 5.11 Å². The molecule has 0 heterocycles. The van der Waals surface area contributed by atoms with Crippen LogP contribution in [-0.2, 0) is 12.0 Å². The predicted octanol–water partition coefficient (Wildman–Crippen LogP) is 2.87. The average Bonchev–Trinajstić information content (AvgIpc) is 2.18. The van der Waals surface area contributed by atoms with Crippen LogP contribution < -0.4 is 0 Å².